The van der Waals surface area contributed by atoms with Crippen molar-refractivity contribution < 1.29 is 9.47 Å². The van der Waals surface area contributed by atoms with Crippen LogP contribution < -0.4 is 15.4 Å². The maximum Gasteiger partial charge on any atom is 0.191 e. The van der Waals surface area contributed by atoms with Crippen LogP contribution >= 0.6 is 35.3 Å². The third-order valence-electron chi connectivity index (χ3n) is 3.49. The largest absolute Gasteiger partial charge is 0.497 e. The minimum Gasteiger partial charge on any atom is -0.497 e. The van der Waals surface area contributed by atoms with Gasteiger partial charge in [0.05, 0.1) is 20.3 Å². The first-order valence-electron chi connectivity index (χ1n) is 7.85. The van der Waals surface area contributed by atoms with Gasteiger partial charge in [-0.3, -0.25) is 4.99 Å². The van der Waals surface area contributed by atoms with E-state index in [0.29, 0.717) is 6.61 Å². The summed E-state index contributed by atoms with van der Waals surface area (Å²) in [6.45, 7) is 3.44. The molecule has 2 rings (SSSR count). The van der Waals surface area contributed by atoms with E-state index in [-0.39, 0.29) is 30.0 Å². The Morgan fingerprint density at radius 1 is 1.16 bits per heavy atom. The van der Waals surface area contributed by atoms with Crippen LogP contribution in [0.4, 0.5) is 0 Å². The van der Waals surface area contributed by atoms with Crippen molar-refractivity contribution in [3.05, 3.63) is 41.3 Å². The number of nitrogens with zero attached hydrogens (tertiary/aromatic N) is 1. The molecule has 0 aliphatic rings. The van der Waals surface area contributed by atoms with E-state index in [4.69, 9.17) is 9.47 Å². The first-order chi connectivity index (χ1) is 11.7. The van der Waals surface area contributed by atoms with E-state index in [1.54, 1.807) is 32.6 Å². The van der Waals surface area contributed by atoms with Gasteiger partial charge in [0.25, 0.3) is 0 Å². The molecule has 138 valence electrons. The van der Waals surface area contributed by atoms with E-state index in [1.807, 2.05) is 12.1 Å². The van der Waals surface area contributed by atoms with Crippen molar-refractivity contribution in [3.63, 3.8) is 0 Å². The number of nitrogens with one attached hydrogen (secondary N) is 2. The molecule has 1 heterocycles. The topological polar surface area (TPSA) is 54.9 Å². The fourth-order valence-electron chi connectivity index (χ4n) is 2.27. The lowest BCUT2D eigenvalue weighted by atomic mass is 10.2. The first-order valence-corrected chi connectivity index (χ1v) is 8.67. The molecule has 1 atom stereocenters. The number of guanidine groups is 1. The number of thiophene rings is 1. The SMILES string of the molecule is CN=C(NCc1ccc(-c2ccc(OC)cc2)s1)NC(C)COC.I. The van der Waals surface area contributed by atoms with Gasteiger partial charge in [0.2, 0.25) is 0 Å². The van der Waals surface area contributed by atoms with Crippen LogP contribution in [-0.2, 0) is 11.3 Å². The zero-order valence-corrected chi connectivity index (χ0v) is 18.2. The summed E-state index contributed by atoms with van der Waals surface area (Å²) in [4.78, 5) is 6.73. The summed E-state index contributed by atoms with van der Waals surface area (Å²) < 4.78 is 10.3. The van der Waals surface area contributed by atoms with E-state index in [2.05, 4.69) is 46.8 Å². The quantitative estimate of drug-likeness (QED) is 0.364. The van der Waals surface area contributed by atoms with Gasteiger partial charge < -0.3 is 20.1 Å². The second kappa shape index (κ2) is 11.3. The molecule has 1 unspecified atom stereocenters. The molecular formula is C18H26IN3O2S. The van der Waals surface area contributed by atoms with E-state index >= 15 is 0 Å². The Kier molecular flexibility index (Phi) is 9.84. The van der Waals surface area contributed by atoms with E-state index in [1.165, 1.54) is 15.3 Å². The second-order valence-electron chi connectivity index (χ2n) is 5.42. The zero-order chi connectivity index (χ0) is 17.4. The van der Waals surface area contributed by atoms with Crippen LogP contribution in [0, 0.1) is 0 Å². The molecule has 0 bridgehead atoms. The Hall–Kier alpha value is -1.32. The molecule has 0 aliphatic heterocycles. The molecule has 7 heteroatoms. The monoisotopic (exact) mass is 475 g/mol. The smallest absolute Gasteiger partial charge is 0.191 e. The van der Waals surface area contributed by atoms with Crippen molar-refractivity contribution in [1.29, 1.82) is 0 Å². The molecule has 5 nitrogen and oxygen atoms in total. The van der Waals surface area contributed by atoms with Gasteiger partial charge in [0, 0.05) is 30.0 Å². The number of methoxy groups -OCH3 is 2. The summed E-state index contributed by atoms with van der Waals surface area (Å²) >= 11 is 1.77. The molecule has 0 saturated carbocycles. The molecule has 0 amide bonds. The highest BCUT2D eigenvalue weighted by Crippen LogP contribution is 2.29. The van der Waals surface area contributed by atoms with Gasteiger partial charge in [-0.05, 0) is 48.9 Å². The summed E-state index contributed by atoms with van der Waals surface area (Å²) in [5.41, 5.74) is 1.20. The summed E-state index contributed by atoms with van der Waals surface area (Å²) in [5.74, 6) is 1.65. The molecule has 1 aromatic heterocycles. The minimum atomic E-state index is 0. The van der Waals surface area contributed by atoms with Crippen molar-refractivity contribution >= 4 is 41.3 Å². The van der Waals surface area contributed by atoms with Gasteiger partial charge in [0.15, 0.2) is 5.96 Å². The van der Waals surface area contributed by atoms with Crippen LogP contribution in [-0.4, -0.2) is 39.9 Å². The number of hydrogen-bond donors (Lipinski definition) is 2. The Labute approximate surface area is 170 Å². The van der Waals surface area contributed by atoms with Gasteiger partial charge in [-0.1, -0.05) is 0 Å². The first kappa shape index (κ1) is 21.7. The Morgan fingerprint density at radius 2 is 1.88 bits per heavy atom. The highest BCUT2D eigenvalue weighted by Gasteiger charge is 2.07. The summed E-state index contributed by atoms with van der Waals surface area (Å²) in [5, 5.41) is 6.63. The molecule has 25 heavy (non-hydrogen) atoms. The number of ether oxygens (including phenoxy) is 2. The van der Waals surface area contributed by atoms with Crippen LogP contribution in [0.5, 0.6) is 5.75 Å². The predicted molar refractivity (Wildman–Crippen MR) is 116 cm³/mol. The van der Waals surface area contributed by atoms with Crippen molar-refractivity contribution in [1.82, 2.24) is 10.6 Å². The van der Waals surface area contributed by atoms with Crippen LogP contribution in [0.2, 0.25) is 0 Å². The van der Waals surface area contributed by atoms with Crippen molar-refractivity contribution in [2.45, 2.75) is 19.5 Å². The molecule has 2 N–H and O–H groups in total. The highest BCUT2D eigenvalue weighted by molar-refractivity contribution is 14.0. The Balaban J connectivity index is 0.00000312. The minimum absolute atomic E-state index is 0. The lowest BCUT2D eigenvalue weighted by Crippen LogP contribution is -2.43. The lowest BCUT2D eigenvalue weighted by molar-refractivity contribution is 0.179. The fourth-order valence-corrected chi connectivity index (χ4v) is 3.23. The van der Waals surface area contributed by atoms with Crippen LogP contribution in [0.15, 0.2) is 41.4 Å². The maximum atomic E-state index is 5.20. The van der Waals surface area contributed by atoms with Crippen LogP contribution in [0.3, 0.4) is 0 Å². The van der Waals surface area contributed by atoms with E-state index in [9.17, 15) is 0 Å². The summed E-state index contributed by atoms with van der Waals surface area (Å²) in [6, 6.07) is 12.6. The van der Waals surface area contributed by atoms with Gasteiger partial charge in [0.1, 0.15) is 5.75 Å². The van der Waals surface area contributed by atoms with Crippen LogP contribution in [0.25, 0.3) is 10.4 Å². The molecular weight excluding hydrogens is 449 g/mol. The summed E-state index contributed by atoms with van der Waals surface area (Å²) in [7, 11) is 5.14. The van der Waals surface area contributed by atoms with Crippen molar-refractivity contribution in [2.24, 2.45) is 4.99 Å². The number of rotatable bonds is 7. The molecule has 1 aromatic carbocycles. The molecule has 0 radical (unpaired) electrons. The average Bonchev–Trinajstić information content (AvgIpc) is 3.08. The number of hydrogen-bond acceptors (Lipinski definition) is 4. The van der Waals surface area contributed by atoms with Gasteiger partial charge in [-0.2, -0.15) is 0 Å². The molecule has 2 aromatic rings. The summed E-state index contributed by atoms with van der Waals surface area (Å²) in [6.07, 6.45) is 0. The third kappa shape index (κ3) is 6.83. The average molecular weight is 475 g/mol. The molecule has 0 spiro atoms. The lowest BCUT2D eigenvalue weighted by Gasteiger charge is -2.16. The predicted octanol–water partition coefficient (Wildman–Crippen LogP) is 3.74. The van der Waals surface area contributed by atoms with E-state index in [0.717, 1.165) is 18.3 Å². The highest BCUT2D eigenvalue weighted by atomic mass is 127. The number of benzene rings is 1. The third-order valence-corrected chi connectivity index (χ3v) is 4.62. The molecule has 0 fully saturated rings. The Morgan fingerprint density at radius 3 is 2.48 bits per heavy atom. The fraction of sp³-hybridized carbons (Fsp3) is 0.389. The molecule has 0 aliphatic carbocycles. The standard InChI is InChI=1S/C18H25N3O2S.HI/c1-13(12-22-3)21-18(19-2)20-11-16-9-10-17(24-16)14-5-7-15(23-4)8-6-14;/h5-10,13H,11-12H2,1-4H3,(H2,19,20,21);1H. The van der Waals surface area contributed by atoms with E-state index < -0.39 is 0 Å². The Bertz CT molecular complexity index is 659. The number of halogens is 1. The van der Waals surface area contributed by atoms with Crippen molar-refractivity contribution in [2.75, 3.05) is 27.9 Å². The van der Waals surface area contributed by atoms with Gasteiger partial charge in [-0.25, -0.2) is 0 Å². The second-order valence-corrected chi connectivity index (χ2v) is 6.59. The van der Waals surface area contributed by atoms with Gasteiger partial charge >= 0.3 is 0 Å². The molecule has 0 saturated heterocycles. The zero-order valence-electron chi connectivity index (χ0n) is 15.0. The van der Waals surface area contributed by atoms with Gasteiger partial charge in [-0.15, -0.1) is 35.3 Å². The number of aliphatic imine (C=N–C) groups is 1. The maximum absolute atomic E-state index is 5.20. The van der Waals surface area contributed by atoms with Crippen molar-refractivity contribution in [3.8, 4) is 16.2 Å². The van der Waals surface area contributed by atoms with Crippen LogP contribution in [0.1, 0.15) is 11.8 Å². The normalized spacial score (nSPS) is 12.2.